The lowest BCUT2D eigenvalue weighted by Gasteiger charge is -2.11. The van der Waals surface area contributed by atoms with Gasteiger partial charge in [-0.3, -0.25) is 4.40 Å². The molecule has 2 aromatic carbocycles. The van der Waals surface area contributed by atoms with Crippen molar-refractivity contribution < 1.29 is 0 Å². The Kier molecular flexibility index (Phi) is 3.03. The number of imidazole rings is 1. The Hall–Kier alpha value is -2.91. The van der Waals surface area contributed by atoms with E-state index >= 15 is 0 Å². The van der Waals surface area contributed by atoms with Crippen LogP contribution in [0, 0.1) is 11.3 Å². The van der Waals surface area contributed by atoms with Gasteiger partial charge in [-0.05, 0) is 24.3 Å². The number of nitrogen functional groups attached to an aromatic ring is 1. The van der Waals surface area contributed by atoms with Crippen LogP contribution in [0.2, 0.25) is 0 Å². The van der Waals surface area contributed by atoms with Gasteiger partial charge in [-0.15, -0.1) is 0 Å². The maximum absolute atomic E-state index is 9.58. The fraction of sp³-hybridized carbons (Fsp3) is 0. The lowest BCUT2D eigenvalue weighted by molar-refractivity contribution is 1.13. The summed E-state index contributed by atoms with van der Waals surface area (Å²) in [4.78, 5) is 8.80. The van der Waals surface area contributed by atoms with Gasteiger partial charge in [0.05, 0.1) is 16.7 Å². The summed E-state index contributed by atoms with van der Waals surface area (Å²) in [7, 11) is 0. The summed E-state index contributed by atoms with van der Waals surface area (Å²) in [5.74, 6) is 0.669. The van der Waals surface area contributed by atoms with Crippen LogP contribution in [0.5, 0.6) is 0 Å². The van der Waals surface area contributed by atoms with Crippen molar-refractivity contribution >= 4 is 38.6 Å². The van der Waals surface area contributed by atoms with E-state index < -0.39 is 0 Å². The molecule has 0 unspecified atom stereocenters. The highest BCUT2D eigenvalue weighted by atomic mass is 79.9. The van der Waals surface area contributed by atoms with Crippen LogP contribution in [0.15, 0.2) is 53.0 Å². The van der Waals surface area contributed by atoms with E-state index in [0.29, 0.717) is 17.0 Å². The molecule has 2 aromatic heterocycles. The van der Waals surface area contributed by atoms with E-state index in [9.17, 15) is 5.26 Å². The summed E-state index contributed by atoms with van der Waals surface area (Å²) in [6.45, 7) is 0. The second-order valence-electron chi connectivity index (χ2n) is 5.08. The number of benzene rings is 2. The number of nitriles is 1. The molecule has 0 amide bonds. The first-order chi connectivity index (χ1) is 11.2. The Morgan fingerprint density at radius 2 is 1.91 bits per heavy atom. The molecule has 0 aliphatic carbocycles. The second-order valence-corrected chi connectivity index (χ2v) is 5.99. The zero-order valence-corrected chi connectivity index (χ0v) is 13.4. The standard InChI is InChI=1S/C17H10BrN5/c18-11-5-3-4-10(8-11)15-12(9-19)16(20)22-17-21-13-6-1-2-7-14(13)23(15)17/h1-8H,(H2,20,21,22). The van der Waals surface area contributed by atoms with E-state index in [4.69, 9.17) is 5.73 Å². The number of fused-ring (bicyclic) bond motifs is 3. The molecule has 4 rings (SSSR count). The van der Waals surface area contributed by atoms with Crippen molar-refractivity contribution in [3.63, 3.8) is 0 Å². The van der Waals surface area contributed by atoms with Crippen molar-refractivity contribution in [2.45, 2.75) is 0 Å². The predicted molar refractivity (Wildman–Crippen MR) is 92.8 cm³/mol. The van der Waals surface area contributed by atoms with Gasteiger partial charge < -0.3 is 5.73 Å². The first kappa shape index (κ1) is 13.7. The quantitative estimate of drug-likeness (QED) is 0.558. The van der Waals surface area contributed by atoms with Crippen molar-refractivity contribution in [2.75, 3.05) is 5.73 Å². The number of para-hydroxylation sites is 2. The Labute approximate surface area is 140 Å². The number of hydrogen-bond acceptors (Lipinski definition) is 4. The summed E-state index contributed by atoms with van der Waals surface area (Å²) in [5, 5.41) is 9.58. The lowest BCUT2D eigenvalue weighted by Crippen LogP contribution is -2.04. The van der Waals surface area contributed by atoms with Gasteiger partial charge in [0.15, 0.2) is 0 Å². The van der Waals surface area contributed by atoms with Gasteiger partial charge in [-0.2, -0.15) is 10.2 Å². The minimum absolute atomic E-state index is 0.185. The predicted octanol–water partition coefficient (Wildman–Crippen LogP) is 3.77. The molecule has 110 valence electrons. The summed E-state index contributed by atoms with van der Waals surface area (Å²) in [5.41, 5.74) is 9.62. The number of aromatic nitrogens is 3. The second kappa shape index (κ2) is 5.07. The van der Waals surface area contributed by atoms with Crippen LogP contribution < -0.4 is 5.73 Å². The van der Waals surface area contributed by atoms with Crippen LogP contribution in [0.1, 0.15) is 5.56 Å². The lowest BCUT2D eigenvalue weighted by atomic mass is 10.1. The Balaban J connectivity index is 2.25. The number of halogens is 1. The topological polar surface area (TPSA) is 80.0 Å². The van der Waals surface area contributed by atoms with Crippen molar-refractivity contribution in [3.8, 4) is 17.3 Å². The minimum Gasteiger partial charge on any atom is -0.382 e. The van der Waals surface area contributed by atoms with Crippen LogP contribution in [0.4, 0.5) is 5.82 Å². The highest BCUT2D eigenvalue weighted by Gasteiger charge is 2.18. The molecule has 0 saturated carbocycles. The molecule has 6 heteroatoms. The highest BCUT2D eigenvalue weighted by Crippen LogP contribution is 2.31. The van der Waals surface area contributed by atoms with Crippen molar-refractivity contribution in [1.82, 2.24) is 14.4 Å². The number of nitrogens with zero attached hydrogens (tertiary/aromatic N) is 4. The minimum atomic E-state index is 0.185. The van der Waals surface area contributed by atoms with Crippen LogP contribution in [-0.4, -0.2) is 14.4 Å². The molecule has 2 N–H and O–H groups in total. The normalized spacial score (nSPS) is 11.0. The third-order valence-electron chi connectivity index (χ3n) is 3.69. The Bertz CT molecular complexity index is 1110. The van der Waals surface area contributed by atoms with Crippen molar-refractivity contribution in [3.05, 3.63) is 58.6 Å². The maximum Gasteiger partial charge on any atom is 0.237 e. The molecule has 0 aliphatic heterocycles. The first-order valence-electron chi connectivity index (χ1n) is 6.92. The summed E-state index contributed by atoms with van der Waals surface area (Å²) >= 11 is 3.47. The maximum atomic E-state index is 9.58. The SMILES string of the molecule is N#Cc1c(N)nc2nc3ccccc3n2c1-c1cccc(Br)c1. The monoisotopic (exact) mass is 363 g/mol. The highest BCUT2D eigenvalue weighted by molar-refractivity contribution is 9.10. The molecule has 0 radical (unpaired) electrons. The molecule has 0 aliphatic rings. The summed E-state index contributed by atoms with van der Waals surface area (Å²) in [6.07, 6.45) is 0. The van der Waals surface area contributed by atoms with E-state index in [2.05, 4.69) is 32.0 Å². The van der Waals surface area contributed by atoms with Gasteiger partial charge in [-0.1, -0.05) is 40.2 Å². The molecule has 0 atom stereocenters. The third-order valence-corrected chi connectivity index (χ3v) is 4.18. The molecule has 0 bridgehead atoms. The number of hydrogen-bond donors (Lipinski definition) is 1. The van der Waals surface area contributed by atoms with Gasteiger partial charge >= 0.3 is 0 Å². The van der Waals surface area contributed by atoms with E-state index in [1.807, 2.05) is 52.9 Å². The van der Waals surface area contributed by atoms with Gasteiger partial charge in [0.1, 0.15) is 17.5 Å². The first-order valence-corrected chi connectivity index (χ1v) is 7.71. The zero-order valence-electron chi connectivity index (χ0n) is 11.9. The molecule has 5 nitrogen and oxygen atoms in total. The molecule has 0 spiro atoms. The molecule has 0 fully saturated rings. The number of nitrogens with two attached hydrogens (primary N) is 1. The third kappa shape index (κ3) is 2.05. The van der Waals surface area contributed by atoms with Crippen molar-refractivity contribution in [2.24, 2.45) is 0 Å². The smallest absolute Gasteiger partial charge is 0.237 e. The Morgan fingerprint density at radius 3 is 2.70 bits per heavy atom. The molecule has 0 saturated heterocycles. The molecule has 4 aromatic rings. The molecule has 23 heavy (non-hydrogen) atoms. The van der Waals surface area contributed by atoms with E-state index in [0.717, 1.165) is 21.1 Å². The average Bonchev–Trinajstić information content (AvgIpc) is 2.91. The molecular weight excluding hydrogens is 354 g/mol. The Morgan fingerprint density at radius 1 is 1.09 bits per heavy atom. The number of rotatable bonds is 1. The van der Waals surface area contributed by atoms with Crippen LogP contribution in [0.25, 0.3) is 28.1 Å². The van der Waals surface area contributed by atoms with Gasteiger partial charge in [0.25, 0.3) is 0 Å². The van der Waals surface area contributed by atoms with Gasteiger partial charge in [-0.25, -0.2) is 4.98 Å². The van der Waals surface area contributed by atoms with Crippen LogP contribution >= 0.6 is 15.9 Å². The summed E-state index contributed by atoms with van der Waals surface area (Å²) < 4.78 is 2.80. The van der Waals surface area contributed by atoms with Crippen LogP contribution in [0.3, 0.4) is 0 Å². The summed E-state index contributed by atoms with van der Waals surface area (Å²) in [6, 6.07) is 17.6. The zero-order chi connectivity index (χ0) is 16.0. The van der Waals surface area contributed by atoms with Gasteiger partial charge in [0.2, 0.25) is 5.78 Å². The van der Waals surface area contributed by atoms with Crippen LogP contribution in [-0.2, 0) is 0 Å². The number of anilines is 1. The molecule has 2 heterocycles. The van der Waals surface area contributed by atoms with E-state index in [1.54, 1.807) is 0 Å². The average molecular weight is 364 g/mol. The van der Waals surface area contributed by atoms with E-state index in [1.165, 1.54) is 0 Å². The van der Waals surface area contributed by atoms with Crippen molar-refractivity contribution in [1.29, 1.82) is 5.26 Å². The largest absolute Gasteiger partial charge is 0.382 e. The van der Waals surface area contributed by atoms with Gasteiger partial charge in [0, 0.05) is 10.0 Å². The fourth-order valence-corrected chi connectivity index (χ4v) is 3.12. The molecular formula is C17H10BrN5. The fourth-order valence-electron chi connectivity index (χ4n) is 2.72. The van der Waals surface area contributed by atoms with E-state index in [-0.39, 0.29) is 5.82 Å².